The van der Waals surface area contributed by atoms with Crippen molar-refractivity contribution >= 4 is 22.4 Å². The Hall–Kier alpha value is -2.15. The van der Waals surface area contributed by atoms with E-state index in [1.54, 1.807) is 29.1 Å². The molecule has 0 saturated heterocycles. The van der Waals surface area contributed by atoms with Crippen LogP contribution in [-0.2, 0) is 10.8 Å². The Bertz CT molecular complexity index is 637. The van der Waals surface area contributed by atoms with Crippen LogP contribution >= 0.6 is 0 Å². The van der Waals surface area contributed by atoms with Crippen molar-refractivity contribution in [2.24, 2.45) is 0 Å². The van der Waals surface area contributed by atoms with E-state index in [0.717, 1.165) is 5.69 Å². The van der Waals surface area contributed by atoms with Crippen molar-refractivity contribution in [2.45, 2.75) is 6.92 Å². The van der Waals surface area contributed by atoms with E-state index >= 15 is 0 Å². The van der Waals surface area contributed by atoms with Gasteiger partial charge in [0, 0.05) is 40.7 Å². The first-order chi connectivity index (χ1) is 10.1. The Kier molecular flexibility index (Phi) is 5.10. The summed E-state index contributed by atoms with van der Waals surface area (Å²) in [7, 11) is -0.879. The molecule has 0 aliphatic heterocycles. The summed E-state index contributed by atoms with van der Waals surface area (Å²) in [5.41, 5.74) is 7.46. The van der Waals surface area contributed by atoms with Crippen molar-refractivity contribution in [1.29, 1.82) is 0 Å². The molecule has 7 heteroatoms. The quantitative estimate of drug-likeness (QED) is 0.778. The van der Waals surface area contributed by atoms with E-state index in [9.17, 15) is 9.00 Å². The van der Waals surface area contributed by atoms with Gasteiger partial charge in [0.15, 0.2) is 5.69 Å². The molecule has 2 aromatic rings. The van der Waals surface area contributed by atoms with Gasteiger partial charge in [-0.2, -0.15) is 5.10 Å². The lowest BCUT2D eigenvalue weighted by atomic mass is 10.3. The molecule has 6 nitrogen and oxygen atoms in total. The number of hydrogen-bond acceptors (Lipinski definition) is 4. The van der Waals surface area contributed by atoms with Crippen molar-refractivity contribution < 1.29 is 9.00 Å². The highest BCUT2D eigenvalue weighted by Gasteiger charge is 2.10. The third kappa shape index (κ3) is 4.16. The molecule has 112 valence electrons. The highest BCUT2D eigenvalue weighted by Crippen LogP contribution is 2.10. The lowest BCUT2D eigenvalue weighted by molar-refractivity contribution is 0.0951. The molecule has 1 heterocycles. The van der Waals surface area contributed by atoms with E-state index in [-0.39, 0.29) is 5.91 Å². The molecule has 0 saturated carbocycles. The fourth-order valence-electron chi connectivity index (χ4n) is 1.73. The summed E-state index contributed by atoms with van der Waals surface area (Å²) < 4.78 is 12.9. The van der Waals surface area contributed by atoms with Crippen molar-refractivity contribution in [1.82, 2.24) is 15.1 Å². The molecule has 3 N–H and O–H groups in total. The smallest absolute Gasteiger partial charge is 0.271 e. The maximum atomic E-state index is 11.9. The first kappa shape index (κ1) is 15.2. The minimum Gasteiger partial charge on any atom is -0.399 e. The number of nitrogens with two attached hydrogens (primary N) is 1. The van der Waals surface area contributed by atoms with E-state index in [2.05, 4.69) is 10.4 Å². The standard InChI is InChI=1S/C14H18N4O2S/c1-2-21(20)10-8-16-14(19)13-7-9-18(17-13)12-5-3-11(15)4-6-12/h3-7,9H,2,8,10,15H2,1H3,(H,16,19). The van der Waals surface area contributed by atoms with E-state index in [4.69, 9.17) is 5.73 Å². The molecule has 0 radical (unpaired) electrons. The number of carbonyl (C=O) groups is 1. The number of amides is 1. The van der Waals surface area contributed by atoms with E-state index in [1.807, 2.05) is 19.1 Å². The Morgan fingerprint density at radius 1 is 1.33 bits per heavy atom. The van der Waals surface area contributed by atoms with Crippen LogP contribution in [0.5, 0.6) is 0 Å². The Morgan fingerprint density at radius 2 is 2.05 bits per heavy atom. The number of nitrogen functional groups attached to an aromatic ring is 1. The predicted octanol–water partition coefficient (Wildman–Crippen LogP) is 0.953. The highest BCUT2D eigenvalue weighted by molar-refractivity contribution is 7.84. The number of anilines is 1. The summed E-state index contributed by atoms with van der Waals surface area (Å²) in [4.78, 5) is 11.9. The fraction of sp³-hybridized carbons (Fsp3) is 0.286. The van der Waals surface area contributed by atoms with Crippen LogP contribution in [0.25, 0.3) is 5.69 Å². The summed E-state index contributed by atoms with van der Waals surface area (Å²) >= 11 is 0. The van der Waals surface area contributed by atoms with Crippen LogP contribution in [0.3, 0.4) is 0 Å². The molecule has 1 unspecified atom stereocenters. The zero-order chi connectivity index (χ0) is 15.2. The molecule has 0 bridgehead atoms. The van der Waals surface area contributed by atoms with E-state index < -0.39 is 10.8 Å². The van der Waals surface area contributed by atoms with Crippen LogP contribution in [-0.4, -0.2) is 37.9 Å². The number of carbonyl (C=O) groups excluding carboxylic acids is 1. The summed E-state index contributed by atoms with van der Waals surface area (Å²) in [5.74, 6) is 0.792. The average Bonchev–Trinajstić information content (AvgIpc) is 2.97. The van der Waals surface area contributed by atoms with Crippen molar-refractivity contribution in [3.05, 3.63) is 42.2 Å². The van der Waals surface area contributed by atoms with Crippen LogP contribution in [0.15, 0.2) is 36.5 Å². The Labute approximate surface area is 125 Å². The monoisotopic (exact) mass is 306 g/mol. The molecule has 0 aliphatic rings. The topological polar surface area (TPSA) is 90.0 Å². The molecule has 1 aromatic carbocycles. The third-order valence-electron chi connectivity index (χ3n) is 2.92. The minimum atomic E-state index is -0.879. The fourth-order valence-corrected chi connectivity index (χ4v) is 2.35. The molecule has 0 fully saturated rings. The van der Waals surface area contributed by atoms with Crippen LogP contribution in [0.4, 0.5) is 5.69 Å². The second kappa shape index (κ2) is 7.03. The molecular weight excluding hydrogens is 288 g/mol. The largest absolute Gasteiger partial charge is 0.399 e. The molecule has 21 heavy (non-hydrogen) atoms. The third-order valence-corrected chi connectivity index (χ3v) is 4.22. The van der Waals surface area contributed by atoms with E-state index in [0.29, 0.717) is 29.4 Å². The van der Waals surface area contributed by atoms with Crippen LogP contribution < -0.4 is 11.1 Å². The lowest BCUT2D eigenvalue weighted by Gasteiger charge is -2.03. The molecule has 0 aliphatic carbocycles. The summed E-state index contributed by atoms with van der Waals surface area (Å²) in [6.07, 6.45) is 1.71. The Balaban J connectivity index is 1.97. The maximum absolute atomic E-state index is 11.9. The molecule has 1 atom stereocenters. The SMILES string of the molecule is CCS(=O)CCNC(=O)c1ccn(-c2ccc(N)cc2)n1. The molecule has 1 amide bonds. The minimum absolute atomic E-state index is 0.266. The number of nitrogens with zero attached hydrogens (tertiary/aromatic N) is 2. The zero-order valence-electron chi connectivity index (χ0n) is 11.8. The molecular formula is C14H18N4O2S. The summed E-state index contributed by atoms with van der Waals surface area (Å²) in [6, 6.07) is 8.85. The second-order valence-corrected chi connectivity index (χ2v) is 6.29. The summed E-state index contributed by atoms with van der Waals surface area (Å²) in [6.45, 7) is 2.24. The first-order valence-electron chi connectivity index (χ1n) is 6.65. The van der Waals surface area contributed by atoms with Crippen LogP contribution in [0.2, 0.25) is 0 Å². The Morgan fingerprint density at radius 3 is 2.71 bits per heavy atom. The number of rotatable bonds is 6. The van der Waals surface area contributed by atoms with Gasteiger partial charge in [-0.1, -0.05) is 6.92 Å². The number of aromatic nitrogens is 2. The molecule has 2 rings (SSSR count). The second-order valence-electron chi connectivity index (χ2n) is 4.43. The highest BCUT2D eigenvalue weighted by atomic mass is 32.2. The molecule has 0 spiro atoms. The van der Waals surface area contributed by atoms with Gasteiger partial charge >= 0.3 is 0 Å². The first-order valence-corrected chi connectivity index (χ1v) is 8.13. The predicted molar refractivity (Wildman–Crippen MR) is 83.9 cm³/mol. The van der Waals surface area contributed by atoms with Gasteiger partial charge < -0.3 is 11.1 Å². The van der Waals surface area contributed by atoms with Gasteiger partial charge in [-0.05, 0) is 30.3 Å². The van der Waals surface area contributed by atoms with Crippen LogP contribution in [0, 0.1) is 0 Å². The van der Waals surface area contributed by atoms with Gasteiger partial charge in [0.05, 0.1) is 5.69 Å². The van der Waals surface area contributed by atoms with Gasteiger partial charge in [0.1, 0.15) is 0 Å². The van der Waals surface area contributed by atoms with Gasteiger partial charge in [0.25, 0.3) is 5.91 Å². The van der Waals surface area contributed by atoms with Gasteiger partial charge in [0.2, 0.25) is 0 Å². The van der Waals surface area contributed by atoms with Crippen LogP contribution in [0.1, 0.15) is 17.4 Å². The number of nitrogens with one attached hydrogen (secondary N) is 1. The lowest BCUT2D eigenvalue weighted by Crippen LogP contribution is -2.28. The van der Waals surface area contributed by atoms with E-state index in [1.165, 1.54) is 0 Å². The van der Waals surface area contributed by atoms with Gasteiger partial charge in [-0.3, -0.25) is 9.00 Å². The van der Waals surface area contributed by atoms with Crippen molar-refractivity contribution in [3.63, 3.8) is 0 Å². The summed E-state index contributed by atoms with van der Waals surface area (Å²) in [5, 5.41) is 6.93. The van der Waals surface area contributed by atoms with Crippen molar-refractivity contribution in [3.8, 4) is 5.69 Å². The van der Waals surface area contributed by atoms with Crippen molar-refractivity contribution in [2.75, 3.05) is 23.8 Å². The zero-order valence-corrected chi connectivity index (χ0v) is 12.6. The number of hydrogen-bond donors (Lipinski definition) is 2. The maximum Gasteiger partial charge on any atom is 0.271 e. The molecule has 1 aromatic heterocycles. The van der Waals surface area contributed by atoms with Gasteiger partial charge in [-0.25, -0.2) is 4.68 Å². The normalized spacial score (nSPS) is 12.0. The average molecular weight is 306 g/mol. The number of benzene rings is 1. The van der Waals surface area contributed by atoms with Gasteiger partial charge in [-0.15, -0.1) is 0 Å².